The Hall–Kier alpha value is -1.47. The van der Waals surface area contributed by atoms with Crippen LogP contribution in [0.3, 0.4) is 0 Å². The zero-order valence-electron chi connectivity index (χ0n) is 13.1. The van der Waals surface area contributed by atoms with E-state index >= 15 is 0 Å². The highest BCUT2D eigenvalue weighted by Crippen LogP contribution is 2.32. The van der Waals surface area contributed by atoms with E-state index in [0.717, 1.165) is 0 Å². The van der Waals surface area contributed by atoms with Crippen LogP contribution >= 0.6 is 35.6 Å². The topological polar surface area (TPSA) is 90.4 Å². The van der Waals surface area contributed by atoms with Crippen molar-refractivity contribution in [1.82, 2.24) is 10.5 Å². The van der Waals surface area contributed by atoms with Gasteiger partial charge in [-0.1, -0.05) is 34.4 Å². The Kier molecular flexibility index (Phi) is 7.35. The molecule has 2 aromatic rings. The average molecular weight is 395 g/mol. The SMILES string of the molecule is CC(C)(N)CNC(=O)c1cc(COc2c(Cl)cccc2Cl)on1.Cl. The van der Waals surface area contributed by atoms with E-state index in [2.05, 4.69) is 10.5 Å². The van der Waals surface area contributed by atoms with Gasteiger partial charge in [0.2, 0.25) is 0 Å². The van der Waals surface area contributed by atoms with E-state index in [1.54, 1.807) is 18.2 Å². The average Bonchev–Trinajstić information content (AvgIpc) is 2.92. The number of para-hydroxylation sites is 1. The van der Waals surface area contributed by atoms with Gasteiger partial charge in [-0.3, -0.25) is 4.79 Å². The lowest BCUT2D eigenvalue weighted by Gasteiger charge is -2.18. The fourth-order valence-electron chi connectivity index (χ4n) is 1.65. The highest BCUT2D eigenvalue weighted by molar-refractivity contribution is 6.37. The molecule has 3 N–H and O–H groups in total. The molecule has 1 aromatic carbocycles. The molecule has 0 spiro atoms. The minimum Gasteiger partial charge on any atom is -0.482 e. The first-order valence-electron chi connectivity index (χ1n) is 6.86. The molecular formula is C15H18Cl3N3O3. The van der Waals surface area contributed by atoms with Gasteiger partial charge in [0.05, 0.1) is 10.0 Å². The Bertz CT molecular complexity index is 679. The lowest BCUT2D eigenvalue weighted by Crippen LogP contribution is -2.45. The number of nitrogens with zero attached hydrogens (tertiary/aromatic N) is 1. The number of halogens is 3. The molecule has 1 amide bonds. The summed E-state index contributed by atoms with van der Waals surface area (Å²) in [5.74, 6) is 0.357. The molecule has 0 aliphatic heterocycles. The van der Waals surface area contributed by atoms with Gasteiger partial charge in [0.25, 0.3) is 5.91 Å². The van der Waals surface area contributed by atoms with Gasteiger partial charge in [-0.25, -0.2) is 0 Å². The van der Waals surface area contributed by atoms with Gasteiger partial charge in [-0.15, -0.1) is 12.4 Å². The summed E-state index contributed by atoms with van der Waals surface area (Å²) in [4.78, 5) is 11.9. The number of carbonyl (C=O) groups is 1. The number of carbonyl (C=O) groups excluding carboxylic acids is 1. The summed E-state index contributed by atoms with van der Waals surface area (Å²) in [7, 11) is 0. The van der Waals surface area contributed by atoms with Crippen molar-refractivity contribution in [3.05, 3.63) is 45.8 Å². The molecule has 0 saturated carbocycles. The molecule has 2 rings (SSSR count). The summed E-state index contributed by atoms with van der Waals surface area (Å²) in [6.07, 6.45) is 0. The molecule has 9 heteroatoms. The van der Waals surface area contributed by atoms with Crippen LogP contribution < -0.4 is 15.8 Å². The van der Waals surface area contributed by atoms with Crippen molar-refractivity contribution in [2.24, 2.45) is 5.73 Å². The van der Waals surface area contributed by atoms with Gasteiger partial charge < -0.3 is 20.3 Å². The highest BCUT2D eigenvalue weighted by atomic mass is 35.5. The van der Waals surface area contributed by atoms with Gasteiger partial charge >= 0.3 is 0 Å². The Morgan fingerprint density at radius 2 is 2.00 bits per heavy atom. The molecule has 0 radical (unpaired) electrons. The van der Waals surface area contributed by atoms with Crippen molar-refractivity contribution in [3.8, 4) is 5.75 Å². The van der Waals surface area contributed by atoms with Crippen molar-refractivity contribution in [1.29, 1.82) is 0 Å². The normalized spacial score (nSPS) is 10.9. The largest absolute Gasteiger partial charge is 0.482 e. The number of ether oxygens (including phenoxy) is 1. The Morgan fingerprint density at radius 3 is 2.58 bits per heavy atom. The van der Waals surface area contributed by atoms with Crippen molar-refractivity contribution in [3.63, 3.8) is 0 Å². The van der Waals surface area contributed by atoms with Crippen LogP contribution in [0.4, 0.5) is 0 Å². The smallest absolute Gasteiger partial charge is 0.273 e. The molecule has 1 aromatic heterocycles. The Morgan fingerprint density at radius 1 is 1.38 bits per heavy atom. The van der Waals surface area contributed by atoms with Gasteiger partial charge in [0, 0.05) is 18.2 Å². The number of aromatic nitrogens is 1. The molecular weight excluding hydrogens is 377 g/mol. The summed E-state index contributed by atoms with van der Waals surface area (Å²) in [6, 6.07) is 6.53. The number of hydrogen-bond acceptors (Lipinski definition) is 5. The maximum absolute atomic E-state index is 11.9. The monoisotopic (exact) mass is 393 g/mol. The number of benzene rings is 1. The van der Waals surface area contributed by atoms with Crippen LogP contribution in [0, 0.1) is 0 Å². The van der Waals surface area contributed by atoms with Crippen LogP contribution in [0.25, 0.3) is 0 Å². The second kappa shape index (κ2) is 8.58. The minimum absolute atomic E-state index is 0. The van der Waals surface area contributed by atoms with Crippen molar-refractivity contribution < 1.29 is 14.1 Å². The number of rotatable bonds is 6. The van der Waals surface area contributed by atoms with E-state index in [-0.39, 0.29) is 30.6 Å². The second-order valence-electron chi connectivity index (χ2n) is 5.69. The molecule has 24 heavy (non-hydrogen) atoms. The van der Waals surface area contributed by atoms with Crippen molar-refractivity contribution in [2.75, 3.05) is 6.54 Å². The second-order valence-corrected chi connectivity index (χ2v) is 6.50. The summed E-state index contributed by atoms with van der Waals surface area (Å²) in [5.41, 5.74) is 5.45. The van der Waals surface area contributed by atoms with Gasteiger partial charge in [0.1, 0.15) is 6.61 Å². The van der Waals surface area contributed by atoms with Gasteiger partial charge in [-0.2, -0.15) is 0 Å². The zero-order valence-corrected chi connectivity index (χ0v) is 15.5. The molecule has 0 unspecified atom stereocenters. The van der Waals surface area contributed by atoms with Crippen LogP contribution in [0.5, 0.6) is 5.75 Å². The molecule has 132 valence electrons. The molecule has 0 fully saturated rings. The first-order valence-corrected chi connectivity index (χ1v) is 7.61. The van der Waals surface area contributed by atoms with Crippen LogP contribution in [-0.2, 0) is 6.61 Å². The highest BCUT2D eigenvalue weighted by Gasteiger charge is 2.17. The molecule has 1 heterocycles. The summed E-state index contributed by atoms with van der Waals surface area (Å²) in [6.45, 7) is 3.98. The first-order chi connectivity index (χ1) is 10.8. The van der Waals surface area contributed by atoms with Crippen molar-refractivity contribution >= 4 is 41.5 Å². The zero-order chi connectivity index (χ0) is 17.0. The maximum Gasteiger partial charge on any atom is 0.273 e. The van der Waals surface area contributed by atoms with Crippen LogP contribution in [0.15, 0.2) is 28.8 Å². The summed E-state index contributed by atoms with van der Waals surface area (Å²) < 4.78 is 10.6. The van der Waals surface area contributed by atoms with Gasteiger partial charge in [-0.05, 0) is 26.0 Å². The van der Waals surface area contributed by atoms with Gasteiger partial charge in [0.15, 0.2) is 17.2 Å². The molecule has 0 bridgehead atoms. The summed E-state index contributed by atoms with van der Waals surface area (Å²) >= 11 is 12.0. The number of amides is 1. The third-order valence-electron chi connectivity index (χ3n) is 2.77. The van der Waals surface area contributed by atoms with E-state index in [1.165, 1.54) is 6.07 Å². The lowest BCUT2D eigenvalue weighted by atomic mass is 10.1. The van der Waals surface area contributed by atoms with E-state index in [1.807, 2.05) is 13.8 Å². The molecule has 0 atom stereocenters. The third kappa shape index (κ3) is 5.87. The molecule has 0 saturated heterocycles. The van der Waals surface area contributed by atoms with Crippen molar-refractivity contribution in [2.45, 2.75) is 26.0 Å². The van der Waals surface area contributed by atoms with Crippen LogP contribution in [0.2, 0.25) is 10.0 Å². The predicted octanol–water partition coefficient (Wildman–Crippen LogP) is 3.45. The maximum atomic E-state index is 11.9. The van der Waals surface area contributed by atoms with Crippen LogP contribution in [0.1, 0.15) is 30.1 Å². The predicted molar refractivity (Wildman–Crippen MR) is 95.1 cm³/mol. The summed E-state index contributed by atoms with van der Waals surface area (Å²) in [5, 5.41) is 7.15. The minimum atomic E-state index is -0.508. The molecule has 6 nitrogen and oxygen atoms in total. The van der Waals surface area contributed by atoms with E-state index in [9.17, 15) is 4.79 Å². The van der Waals surface area contributed by atoms with E-state index in [4.69, 9.17) is 38.2 Å². The number of hydrogen-bond donors (Lipinski definition) is 2. The number of nitrogens with two attached hydrogens (primary N) is 1. The fourth-order valence-corrected chi connectivity index (χ4v) is 2.16. The standard InChI is InChI=1S/C15H17Cl2N3O3.ClH/c1-15(2,18)8-19-14(21)12-6-9(23-20-12)7-22-13-10(16)4-3-5-11(13)17;/h3-6H,7-8,18H2,1-2H3,(H,19,21);1H. The lowest BCUT2D eigenvalue weighted by molar-refractivity contribution is 0.0936. The quantitative estimate of drug-likeness (QED) is 0.783. The Labute approximate surface area is 156 Å². The fraction of sp³-hybridized carbons (Fsp3) is 0.333. The number of nitrogens with one attached hydrogen (secondary N) is 1. The molecule has 0 aliphatic carbocycles. The van der Waals surface area contributed by atoms with E-state index < -0.39 is 5.54 Å². The Balaban J connectivity index is 0.00000288. The third-order valence-corrected chi connectivity index (χ3v) is 3.37. The first kappa shape index (κ1) is 20.6. The van der Waals surface area contributed by atoms with Crippen LogP contribution in [-0.4, -0.2) is 23.1 Å². The van der Waals surface area contributed by atoms with E-state index in [0.29, 0.717) is 28.1 Å². The molecule has 0 aliphatic rings.